The van der Waals surface area contributed by atoms with Crippen molar-refractivity contribution in [3.05, 3.63) is 76.4 Å². The van der Waals surface area contributed by atoms with Crippen LogP contribution in [0.15, 0.2) is 42.5 Å². The van der Waals surface area contributed by atoms with E-state index in [1.165, 1.54) is 12.8 Å². The smallest absolute Gasteiger partial charge is 0.270 e. The lowest BCUT2D eigenvalue weighted by Crippen LogP contribution is -2.24. The fraction of sp³-hybridized carbons (Fsp3) is 0.333. The van der Waals surface area contributed by atoms with E-state index in [0.717, 1.165) is 28.3 Å². The van der Waals surface area contributed by atoms with Gasteiger partial charge in [0.15, 0.2) is 6.61 Å². The van der Waals surface area contributed by atoms with Crippen molar-refractivity contribution in [1.29, 1.82) is 0 Å². The number of hydrogen-bond acceptors (Lipinski definition) is 3. The number of nitrogens with zero attached hydrogens (tertiary/aromatic N) is 2. The lowest BCUT2D eigenvalue weighted by molar-refractivity contribution is 0.0919. The van der Waals surface area contributed by atoms with Crippen molar-refractivity contribution < 1.29 is 14.3 Å². The van der Waals surface area contributed by atoms with Crippen LogP contribution in [0.4, 0.5) is 0 Å². The number of ketones is 1. The highest BCUT2D eigenvalue weighted by atomic mass is 16.5. The van der Waals surface area contributed by atoms with Crippen LogP contribution in [-0.2, 0) is 0 Å². The number of carbonyl (C=O) groups excluding carboxylic acids is 2. The van der Waals surface area contributed by atoms with Crippen LogP contribution in [0.1, 0.15) is 62.4 Å². The van der Waals surface area contributed by atoms with Gasteiger partial charge in [-0.2, -0.15) is 0 Å². The van der Waals surface area contributed by atoms with E-state index in [4.69, 9.17) is 4.74 Å². The van der Waals surface area contributed by atoms with Gasteiger partial charge in [0.2, 0.25) is 5.78 Å². The van der Waals surface area contributed by atoms with E-state index in [-0.39, 0.29) is 18.3 Å². The van der Waals surface area contributed by atoms with Crippen molar-refractivity contribution in [1.82, 2.24) is 9.24 Å². The molecule has 3 aromatic rings. The second-order valence-corrected chi connectivity index (χ2v) is 8.01. The molecule has 6 heteroatoms. The molecule has 0 bridgehead atoms. The van der Waals surface area contributed by atoms with Gasteiger partial charge in [-0.15, -0.1) is 0 Å². The number of aryl methyl sites for hydroxylation is 3. The number of hydrogen-bond donors (Lipinski definition) is 1. The fourth-order valence-corrected chi connectivity index (χ4v) is 3.89. The topological polar surface area (TPSA) is 65.3 Å². The Hall–Kier alpha value is -3.28. The highest BCUT2D eigenvalue weighted by molar-refractivity contribution is 6.00. The van der Waals surface area contributed by atoms with Crippen LogP contribution in [0.25, 0.3) is 0 Å². The third-order valence-corrected chi connectivity index (χ3v) is 5.67. The molecule has 1 fully saturated rings. The molecule has 1 aliphatic rings. The van der Waals surface area contributed by atoms with E-state index in [1.54, 1.807) is 28.9 Å². The predicted molar refractivity (Wildman–Crippen MR) is 116 cm³/mol. The zero-order valence-corrected chi connectivity index (χ0v) is 17.9. The number of benzene rings is 1. The van der Waals surface area contributed by atoms with Crippen molar-refractivity contribution in [2.45, 2.75) is 46.6 Å². The van der Waals surface area contributed by atoms with Gasteiger partial charge in [-0.25, -0.2) is 0 Å². The molecular formula is C24H27N3O3. The van der Waals surface area contributed by atoms with Gasteiger partial charge in [-0.1, -0.05) is 0 Å². The summed E-state index contributed by atoms with van der Waals surface area (Å²) in [4.78, 5) is 25.1. The summed E-state index contributed by atoms with van der Waals surface area (Å²) in [7, 11) is 0. The zero-order chi connectivity index (χ0) is 21.4. The first-order valence-electron chi connectivity index (χ1n) is 10.3. The SMILES string of the molecule is Cc1ccc(C)n1NC(=O)c1ccc(OCC(=O)c2cc(C)n(C3CC3)c2C)cc1. The van der Waals surface area contributed by atoms with Gasteiger partial charge in [0.1, 0.15) is 5.75 Å². The molecule has 2 aromatic heterocycles. The summed E-state index contributed by atoms with van der Waals surface area (Å²) < 4.78 is 9.70. The predicted octanol–water partition coefficient (Wildman–Crippen LogP) is 4.50. The molecule has 4 rings (SSSR count). The largest absolute Gasteiger partial charge is 0.485 e. The Morgan fingerprint density at radius 2 is 1.60 bits per heavy atom. The van der Waals surface area contributed by atoms with Gasteiger partial charge in [0, 0.05) is 39.9 Å². The molecule has 0 atom stereocenters. The standard InChI is InChI=1S/C24H27N3O3/c1-15-5-6-16(2)27(15)25-24(29)19-7-11-21(12-8-19)30-14-23(28)22-13-17(3)26(18(22)4)20-9-10-20/h5-8,11-13,20H,9-10,14H2,1-4H3,(H,25,29). The minimum absolute atomic E-state index is 0.0255. The van der Waals surface area contributed by atoms with Crippen LogP contribution in [0, 0.1) is 27.7 Å². The maximum Gasteiger partial charge on any atom is 0.270 e. The van der Waals surface area contributed by atoms with Crippen LogP contribution in [-0.4, -0.2) is 27.5 Å². The van der Waals surface area contributed by atoms with Gasteiger partial charge >= 0.3 is 0 Å². The molecule has 0 radical (unpaired) electrons. The van der Waals surface area contributed by atoms with E-state index < -0.39 is 0 Å². The molecule has 1 aromatic carbocycles. The van der Waals surface area contributed by atoms with E-state index in [1.807, 2.05) is 45.9 Å². The lowest BCUT2D eigenvalue weighted by atomic mass is 10.1. The van der Waals surface area contributed by atoms with Gasteiger partial charge in [-0.3, -0.25) is 19.7 Å². The molecule has 2 heterocycles. The maximum absolute atomic E-state index is 12.7. The number of amides is 1. The Morgan fingerprint density at radius 3 is 2.20 bits per heavy atom. The summed E-state index contributed by atoms with van der Waals surface area (Å²) in [6, 6.07) is 13.2. The van der Waals surface area contributed by atoms with Gasteiger partial charge in [-0.05, 0) is 83.0 Å². The van der Waals surface area contributed by atoms with Crippen LogP contribution >= 0.6 is 0 Å². The third kappa shape index (κ3) is 3.90. The second-order valence-electron chi connectivity index (χ2n) is 8.01. The van der Waals surface area contributed by atoms with Crippen molar-refractivity contribution in [3.63, 3.8) is 0 Å². The van der Waals surface area contributed by atoms with Crippen LogP contribution < -0.4 is 10.2 Å². The van der Waals surface area contributed by atoms with Gasteiger partial charge < -0.3 is 9.30 Å². The molecule has 1 aliphatic carbocycles. The first-order valence-corrected chi connectivity index (χ1v) is 10.3. The first kappa shape index (κ1) is 20.0. The molecule has 6 nitrogen and oxygen atoms in total. The number of nitrogens with one attached hydrogen (secondary N) is 1. The Labute approximate surface area is 176 Å². The zero-order valence-electron chi connectivity index (χ0n) is 17.9. The summed E-state index contributed by atoms with van der Waals surface area (Å²) >= 11 is 0. The van der Waals surface area contributed by atoms with Crippen LogP contribution in [0.2, 0.25) is 0 Å². The summed E-state index contributed by atoms with van der Waals surface area (Å²) in [5, 5.41) is 0. The average molecular weight is 405 g/mol. The number of aromatic nitrogens is 2. The van der Waals surface area contributed by atoms with Crippen LogP contribution in [0.5, 0.6) is 5.75 Å². The molecule has 156 valence electrons. The highest BCUT2D eigenvalue weighted by Crippen LogP contribution is 2.38. The summed E-state index contributed by atoms with van der Waals surface area (Å²) in [5.74, 6) is 0.326. The summed E-state index contributed by atoms with van der Waals surface area (Å²) in [6.45, 7) is 7.89. The van der Waals surface area contributed by atoms with E-state index >= 15 is 0 Å². The maximum atomic E-state index is 12.7. The van der Waals surface area contributed by atoms with Gasteiger partial charge in [0.05, 0.1) is 0 Å². The molecule has 30 heavy (non-hydrogen) atoms. The van der Waals surface area contributed by atoms with Crippen molar-refractivity contribution in [3.8, 4) is 5.75 Å². The second kappa shape index (κ2) is 7.86. The Bertz CT molecular complexity index is 1080. The van der Waals surface area contributed by atoms with E-state index in [9.17, 15) is 9.59 Å². The molecule has 1 amide bonds. The van der Waals surface area contributed by atoms with E-state index in [2.05, 4.69) is 9.99 Å². The third-order valence-electron chi connectivity index (χ3n) is 5.67. The van der Waals surface area contributed by atoms with Crippen molar-refractivity contribution >= 4 is 11.7 Å². The normalized spacial score (nSPS) is 13.3. The Balaban J connectivity index is 1.37. The number of ether oxygens (including phenoxy) is 1. The molecule has 0 aliphatic heterocycles. The van der Waals surface area contributed by atoms with E-state index in [0.29, 0.717) is 17.4 Å². The quantitative estimate of drug-likeness (QED) is 0.589. The first-order chi connectivity index (χ1) is 14.3. The number of rotatable bonds is 7. The Morgan fingerprint density at radius 1 is 0.967 bits per heavy atom. The average Bonchev–Trinajstić information content (AvgIpc) is 3.45. The van der Waals surface area contributed by atoms with Crippen molar-refractivity contribution in [2.75, 3.05) is 12.0 Å². The van der Waals surface area contributed by atoms with Gasteiger partial charge in [0.25, 0.3) is 5.91 Å². The molecule has 1 saturated carbocycles. The summed E-state index contributed by atoms with van der Waals surface area (Å²) in [6.07, 6.45) is 2.37. The molecule has 0 saturated heterocycles. The number of carbonyl (C=O) groups is 2. The Kier molecular flexibility index (Phi) is 5.24. The monoisotopic (exact) mass is 405 g/mol. The minimum Gasteiger partial charge on any atom is -0.485 e. The lowest BCUT2D eigenvalue weighted by Gasteiger charge is -2.12. The fourth-order valence-electron chi connectivity index (χ4n) is 3.89. The number of Topliss-reactive ketones (excluding diaryl/α,β-unsaturated/α-hetero) is 1. The van der Waals surface area contributed by atoms with Crippen molar-refractivity contribution in [2.24, 2.45) is 0 Å². The molecule has 0 spiro atoms. The highest BCUT2D eigenvalue weighted by Gasteiger charge is 2.28. The molecule has 0 unspecified atom stereocenters. The van der Waals surface area contributed by atoms with Crippen LogP contribution in [0.3, 0.4) is 0 Å². The molecular weight excluding hydrogens is 378 g/mol. The summed E-state index contributed by atoms with van der Waals surface area (Å²) in [5.41, 5.74) is 8.19. The molecule has 1 N–H and O–H groups in total. The minimum atomic E-state index is -0.201.